The quantitative estimate of drug-likeness (QED) is 0.385. The van der Waals surface area contributed by atoms with Crippen molar-refractivity contribution in [2.24, 2.45) is 5.73 Å². The third kappa shape index (κ3) is 4.61. The van der Waals surface area contributed by atoms with Crippen molar-refractivity contribution < 1.29 is 17.3 Å². The second-order valence-corrected chi connectivity index (χ2v) is 9.42. The molecule has 2 aromatic carbocycles. The average molecular weight is 472 g/mol. The molecule has 7 nitrogen and oxygen atoms in total. The van der Waals surface area contributed by atoms with Gasteiger partial charge in [-0.05, 0) is 49.4 Å². The number of benzene rings is 2. The van der Waals surface area contributed by atoms with Crippen LogP contribution in [-0.4, -0.2) is 39.5 Å². The second kappa shape index (κ2) is 8.91. The monoisotopic (exact) mass is 471 g/mol. The van der Waals surface area contributed by atoms with Gasteiger partial charge in [0.25, 0.3) is 0 Å². The lowest BCUT2D eigenvalue weighted by molar-refractivity contribution is 0.301. The normalized spacial score (nSPS) is 15.1. The van der Waals surface area contributed by atoms with Crippen LogP contribution >= 0.6 is 23.2 Å². The van der Waals surface area contributed by atoms with Crippen LogP contribution in [0.4, 0.5) is 0 Å². The maximum absolute atomic E-state index is 12.9. The molecule has 0 spiro atoms. The first-order chi connectivity index (χ1) is 14.1. The zero-order valence-corrected chi connectivity index (χ0v) is 18.9. The Balaban J connectivity index is 1.96. The van der Waals surface area contributed by atoms with Gasteiger partial charge < -0.3 is 19.6 Å². The van der Waals surface area contributed by atoms with Gasteiger partial charge in [0.1, 0.15) is 4.90 Å². The summed E-state index contributed by atoms with van der Waals surface area (Å²) in [5.74, 6) is 0.634. The number of ether oxygens (including phenoxy) is 1. The average Bonchev–Trinajstić information content (AvgIpc) is 2.69. The van der Waals surface area contributed by atoms with E-state index >= 15 is 0 Å². The van der Waals surface area contributed by atoms with E-state index in [-0.39, 0.29) is 32.6 Å². The van der Waals surface area contributed by atoms with Crippen molar-refractivity contribution in [1.29, 1.82) is 5.41 Å². The molecule has 0 radical (unpaired) electrons. The van der Waals surface area contributed by atoms with E-state index in [1.165, 1.54) is 25.3 Å². The molecular weight excluding hydrogens is 449 g/mol. The number of hydrogen-bond donors (Lipinski definition) is 2. The number of nitrogens with one attached hydrogen (secondary N) is 1. The van der Waals surface area contributed by atoms with Crippen molar-refractivity contribution in [2.75, 3.05) is 20.2 Å². The molecule has 0 aromatic heterocycles. The van der Waals surface area contributed by atoms with E-state index in [4.69, 9.17) is 43.3 Å². The van der Waals surface area contributed by atoms with Crippen LogP contribution in [0.1, 0.15) is 29.9 Å². The lowest BCUT2D eigenvalue weighted by Crippen LogP contribution is -2.41. The summed E-state index contributed by atoms with van der Waals surface area (Å²) in [6.07, 6.45) is 1.51. The summed E-state index contributed by atoms with van der Waals surface area (Å²) in [4.78, 5) is 1.60. The van der Waals surface area contributed by atoms with Crippen LogP contribution in [0.3, 0.4) is 0 Å². The summed E-state index contributed by atoms with van der Waals surface area (Å²) in [6, 6.07) is 7.92. The Morgan fingerprint density at radius 2 is 1.90 bits per heavy atom. The van der Waals surface area contributed by atoms with Crippen LogP contribution in [-0.2, 0) is 10.1 Å². The number of methoxy groups -OCH3 is 1. The first-order valence-electron chi connectivity index (χ1n) is 9.30. The number of rotatable bonds is 5. The van der Waals surface area contributed by atoms with Crippen molar-refractivity contribution in [2.45, 2.75) is 30.6 Å². The number of piperidine rings is 1. The first kappa shape index (κ1) is 22.5. The Morgan fingerprint density at radius 1 is 1.23 bits per heavy atom. The number of likely N-dealkylation sites (tertiary alicyclic amines) is 1. The minimum atomic E-state index is -4.23. The summed E-state index contributed by atoms with van der Waals surface area (Å²) in [5, 5.41) is 7.62. The Bertz CT molecular complexity index is 1070. The predicted molar refractivity (Wildman–Crippen MR) is 117 cm³/mol. The minimum Gasteiger partial charge on any atom is -0.492 e. The summed E-state index contributed by atoms with van der Waals surface area (Å²) >= 11 is 12.0. The first-order valence-corrected chi connectivity index (χ1v) is 11.5. The zero-order chi connectivity index (χ0) is 22.1. The van der Waals surface area contributed by atoms with Crippen LogP contribution < -0.4 is 14.7 Å². The Hall–Kier alpha value is -2.16. The number of aryl methyl sites for hydroxylation is 1. The van der Waals surface area contributed by atoms with Crippen LogP contribution in [0.2, 0.25) is 10.0 Å². The second-order valence-electron chi connectivity index (χ2n) is 7.12. The number of guanidine groups is 1. The largest absolute Gasteiger partial charge is 0.492 e. The molecule has 1 aliphatic rings. The van der Waals surface area contributed by atoms with Crippen molar-refractivity contribution in [3.05, 3.63) is 51.5 Å². The SMILES string of the molecule is COc1c(OS(=O)(=O)c2cccc(Cl)c2Cl)cc(C)cc1C1CCN(C(=N)N)CC1. The fourth-order valence-corrected chi connectivity index (χ4v) is 5.29. The summed E-state index contributed by atoms with van der Waals surface area (Å²) in [5.41, 5.74) is 7.28. The number of nitrogens with zero attached hydrogens (tertiary/aromatic N) is 1. The number of nitrogens with two attached hydrogens (primary N) is 1. The van der Waals surface area contributed by atoms with Crippen molar-refractivity contribution in [1.82, 2.24) is 4.90 Å². The number of hydrogen-bond acceptors (Lipinski definition) is 5. The highest BCUT2D eigenvalue weighted by Crippen LogP contribution is 2.42. The van der Waals surface area contributed by atoms with Gasteiger partial charge in [-0.1, -0.05) is 35.3 Å². The maximum atomic E-state index is 12.9. The van der Waals surface area contributed by atoms with Gasteiger partial charge in [-0.15, -0.1) is 0 Å². The molecule has 1 fully saturated rings. The predicted octanol–water partition coefficient (Wildman–Crippen LogP) is 4.15. The van der Waals surface area contributed by atoms with Crippen molar-refractivity contribution in [3.8, 4) is 11.5 Å². The molecule has 0 unspecified atom stereocenters. The Morgan fingerprint density at radius 3 is 2.50 bits per heavy atom. The lowest BCUT2D eigenvalue weighted by Gasteiger charge is -2.33. The molecule has 3 N–H and O–H groups in total. The molecular formula is C20H23Cl2N3O4S. The molecule has 3 rings (SSSR count). The molecule has 10 heteroatoms. The van der Waals surface area contributed by atoms with Crippen molar-refractivity contribution >= 4 is 39.3 Å². The van der Waals surface area contributed by atoms with Gasteiger partial charge in [0, 0.05) is 18.7 Å². The highest BCUT2D eigenvalue weighted by molar-refractivity contribution is 7.87. The van der Waals surface area contributed by atoms with Gasteiger partial charge in [-0.2, -0.15) is 8.42 Å². The van der Waals surface area contributed by atoms with E-state index < -0.39 is 10.1 Å². The van der Waals surface area contributed by atoms with Crippen LogP contribution in [0.25, 0.3) is 0 Å². The fourth-order valence-electron chi connectivity index (χ4n) is 3.62. The molecule has 0 saturated carbocycles. The zero-order valence-electron chi connectivity index (χ0n) is 16.6. The molecule has 2 aromatic rings. The van der Waals surface area contributed by atoms with E-state index in [1.54, 1.807) is 6.07 Å². The highest BCUT2D eigenvalue weighted by atomic mass is 35.5. The third-order valence-corrected chi connectivity index (χ3v) is 7.30. The van der Waals surface area contributed by atoms with Crippen LogP contribution in [0, 0.1) is 12.3 Å². The topological polar surface area (TPSA) is 106 Å². The maximum Gasteiger partial charge on any atom is 0.340 e. The number of halogens is 2. The van der Waals surface area contributed by atoms with Gasteiger partial charge >= 0.3 is 10.1 Å². The smallest absolute Gasteiger partial charge is 0.340 e. The summed E-state index contributed by atoms with van der Waals surface area (Å²) in [6.45, 7) is 3.15. The molecule has 162 valence electrons. The molecule has 1 heterocycles. The van der Waals surface area contributed by atoms with Gasteiger partial charge in [-0.25, -0.2) is 0 Å². The van der Waals surface area contributed by atoms with E-state index in [9.17, 15) is 8.42 Å². The van der Waals surface area contributed by atoms with Gasteiger partial charge in [-0.3, -0.25) is 5.41 Å². The van der Waals surface area contributed by atoms with Gasteiger partial charge in [0.2, 0.25) is 0 Å². The van der Waals surface area contributed by atoms with E-state index in [0.717, 1.165) is 24.0 Å². The lowest BCUT2D eigenvalue weighted by atomic mass is 9.88. The molecule has 0 amide bonds. The molecule has 0 bridgehead atoms. The highest BCUT2D eigenvalue weighted by Gasteiger charge is 2.28. The van der Waals surface area contributed by atoms with Crippen LogP contribution in [0.5, 0.6) is 11.5 Å². The molecule has 0 atom stereocenters. The van der Waals surface area contributed by atoms with E-state index in [1.807, 2.05) is 17.9 Å². The van der Waals surface area contributed by atoms with Gasteiger partial charge in [0.05, 0.1) is 17.2 Å². The molecule has 1 saturated heterocycles. The standard InChI is InChI=1S/C20H23Cl2N3O4S/c1-12-10-14(13-6-8-25(9-7-13)20(23)24)19(28-2)16(11-12)29-30(26,27)17-5-3-4-15(21)18(17)22/h3-5,10-11,13H,6-9H2,1-2H3,(H3,23,24). The summed E-state index contributed by atoms with van der Waals surface area (Å²) in [7, 11) is -2.76. The minimum absolute atomic E-state index is 0.0539. The third-order valence-electron chi connectivity index (χ3n) is 5.09. The molecule has 0 aliphatic carbocycles. The van der Waals surface area contributed by atoms with E-state index in [2.05, 4.69) is 0 Å². The van der Waals surface area contributed by atoms with Gasteiger partial charge in [0.15, 0.2) is 17.5 Å². The van der Waals surface area contributed by atoms with Crippen LogP contribution in [0.15, 0.2) is 35.2 Å². The van der Waals surface area contributed by atoms with Crippen molar-refractivity contribution in [3.63, 3.8) is 0 Å². The molecule has 1 aliphatic heterocycles. The molecule has 30 heavy (non-hydrogen) atoms. The Labute approximate surface area is 186 Å². The fraction of sp³-hybridized carbons (Fsp3) is 0.350. The summed E-state index contributed by atoms with van der Waals surface area (Å²) < 4.78 is 36.8. The van der Waals surface area contributed by atoms with E-state index in [0.29, 0.717) is 18.8 Å². The Kier molecular flexibility index (Phi) is 6.69.